The van der Waals surface area contributed by atoms with E-state index in [0.717, 1.165) is 24.8 Å². The molecule has 0 unspecified atom stereocenters. The molecule has 9 heteroatoms. The average Bonchev–Trinajstić information content (AvgIpc) is 2.76. The third-order valence-electron chi connectivity index (χ3n) is 6.22. The highest BCUT2D eigenvalue weighted by Crippen LogP contribution is 2.42. The first kappa shape index (κ1) is 24.2. The number of aromatic nitrogens is 2. The number of fused-ring (bicyclic) bond motifs is 4. The molecule has 1 atom stereocenters. The number of rotatable bonds is 3. The van der Waals surface area contributed by atoms with Crippen molar-refractivity contribution in [1.82, 2.24) is 15.3 Å². The lowest BCUT2D eigenvalue weighted by atomic mass is 9.74. The van der Waals surface area contributed by atoms with Crippen LogP contribution >= 0.6 is 0 Å². The molecule has 0 saturated carbocycles. The summed E-state index contributed by atoms with van der Waals surface area (Å²) in [6.07, 6.45) is 5.90. The number of hydrogen-bond donors (Lipinski definition) is 2. The Morgan fingerprint density at radius 3 is 2.74 bits per heavy atom. The van der Waals surface area contributed by atoms with E-state index in [1.807, 2.05) is 0 Å². The number of ether oxygens (including phenoxy) is 1. The molecule has 4 bridgehead atoms. The Morgan fingerprint density at radius 1 is 1.21 bits per heavy atom. The standard InChI is InChI=1S/C25H32N4O4S/c1-16(2)12-18-15-33-22-14-21(20-10-5-6-11-25(20,3)4)27-24(28-22)29-34(31,32)19-9-7-8-17(13-19)23(30)26-18/h7-10,13-14,16,18H,5-6,11-12,15H2,1-4H3,(H,26,30)(H,27,28,29)/t18-/m1/s1. The van der Waals surface area contributed by atoms with Crippen molar-refractivity contribution < 1.29 is 17.9 Å². The van der Waals surface area contributed by atoms with Gasteiger partial charge in [-0.05, 0) is 60.8 Å². The van der Waals surface area contributed by atoms with Crippen LogP contribution in [0.1, 0.15) is 69.4 Å². The highest BCUT2D eigenvalue weighted by Gasteiger charge is 2.29. The Bertz CT molecular complexity index is 1220. The summed E-state index contributed by atoms with van der Waals surface area (Å²) in [5.74, 6) is 0.180. The number of nitrogens with zero attached hydrogens (tertiary/aromatic N) is 2. The summed E-state index contributed by atoms with van der Waals surface area (Å²) in [4.78, 5) is 21.8. The fourth-order valence-electron chi connectivity index (χ4n) is 4.51. The number of amides is 1. The van der Waals surface area contributed by atoms with Crippen molar-refractivity contribution in [2.45, 2.75) is 64.3 Å². The van der Waals surface area contributed by atoms with Gasteiger partial charge < -0.3 is 10.1 Å². The Kier molecular flexibility index (Phi) is 6.66. The van der Waals surface area contributed by atoms with Crippen molar-refractivity contribution in [3.63, 3.8) is 0 Å². The van der Waals surface area contributed by atoms with Crippen LogP contribution in [-0.2, 0) is 10.0 Å². The minimum atomic E-state index is -4.02. The van der Waals surface area contributed by atoms with Gasteiger partial charge in [-0.15, -0.1) is 0 Å². The Balaban J connectivity index is 1.81. The van der Waals surface area contributed by atoms with Crippen LogP contribution in [0.25, 0.3) is 5.57 Å². The highest BCUT2D eigenvalue weighted by molar-refractivity contribution is 7.92. The molecule has 4 rings (SSSR count). The van der Waals surface area contributed by atoms with E-state index in [9.17, 15) is 13.2 Å². The lowest BCUT2D eigenvalue weighted by Gasteiger charge is -2.31. The molecule has 1 aromatic carbocycles. The van der Waals surface area contributed by atoms with Gasteiger partial charge in [-0.25, -0.2) is 18.1 Å². The average molecular weight is 485 g/mol. The first-order valence-electron chi connectivity index (χ1n) is 11.7. The Morgan fingerprint density at radius 2 is 2.00 bits per heavy atom. The maximum absolute atomic E-state index is 13.1. The smallest absolute Gasteiger partial charge is 0.264 e. The zero-order valence-corrected chi connectivity index (χ0v) is 20.9. The molecule has 1 aliphatic carbocycles. The molecule has 2 N–H and O–H groups in total. The summed E-state index contributed by atoms with van der Waals surface area (Å²) in [7, 11) is -4.02. The number of hydrogen-bond acceptors (Lipinski definition) is 6. The SMILES string of the molecule is CC(C)C[C@@H]1COc2cc(C3=CCCCC3(C)C)nc(n2)NS(=O)(=O)c2cccc(c2)C(=O)N1. The van der Waals surface area contributed by atoms with Crippen LogP contribution in [0.3, 0.4) is 0 Å². The van der Waals surface area contributed by atoms with E-state index < -0.39 is 10.0 Å². The van der Waals surface area contributed by atoms with E-state index in [-0.39, 0.29) is 46.3 Å². The van der Waals surface area contributed by atoms with Gasteiger partial charge in [-0.1, -0.05) is 39.8 Å². The van der Waals surface area contributed by atoms with Crippen LogP contribution in [0.5, 0.6) is 5.88 Å². The van der Waals surface area contributed by atoms with Crippen molar-refractivity contribution in [3.8, 4) is 5.88 Å². The van der Waals surface area contributed by atoms with Crippen LogP contribution in [0.4, 0.5) is 5.95 Å². The van der Waals surface area contributed by atoms with E-state index >= 15 is 0 Å². The third-order valence-corrected chi connectivity index (χ3v) is 7.54. The van der Waals surface area contributed by atoms with Crippen LogP contribution in [0.2, 0.25) is 0 Å². The van der Waals surface area contributed by atoms with Gasteiger partial charge in [0.25, 0.3) is 15.9 Å². The molecule has 1 aromatic heterocycles. The third kappa shape index (κ3) is 5.41. The number of benzene rings is 1. The van der Waals surface area contributed by atoms with Gasteiger partial charge in [0.1, 0.15) is 6.61 Å². The lowest BCUT2D eigenvalue weighted by molar-refractivity contribution is 0.0913. The first-order valence-corrected chi connectivity index (χ1v) is 13.2. The highest BCUT2D eigenvalue weighted by atomic mass is 32.2. The first-order chi connectivity index (χ1) is 16.0. The summed E-state index contributed by atoms with van der Waals surface area (Å²) in [6, 6.07) is 7.43. The lowest BCUT2D eigenvalue weighted by Crippen LogP contribution is -2.40. The minimum Gasteiger partial charge on any atom is -0.475 e. The number of carbonyl (C=O) groups is 1. The fourth-order valence-corrected chi connectivity index (χ4v) is 5.50. The molecular formula is C25H32N4O4S. The van der Waals surface area contributed by atoms with Gasteiger partial charge in [0.2, 0.25) is 11.8 Å². The Labute approximate surface area is 201 Å². The van der Waals surface area contributed by atoms with Crippen molar-refractivity contribution in [1.29, 1.82) is 0 Å². The van der Waals surface area contributed by atoms with E-state index in [1.54, 1.807) is 18.2 Å². The summed E-state index contributed by atoms with van der Waals surface area (Å²) in [5, 5.41) is 2.99. The van der Waals surface area contributed by atoms with Crippen molar-refractivity contribution in [3.05, 3.63) is 47.7 Å². The fraction of sp³-hybridized carbons (Fsp3) is 0.480. The largest absolute Gasteiger partial charge is 0.475 e. The molecular weight excluding hydrogens is 452 g/mol. The van der Waals surface area contributed by atoms with Crippen LogP contribution in [0, 0.1) is 11.3 Å². The normalized spacial score (nSPS) is 21.6. The summed E-state index contributed by atoms with van der Waals surface area (Å²) < 4.78 is 34.8. The zero-order chi connectivity index (χ0) is 24.5. The summed E-state index contributed by atoms with van der Waals surface area (Å²) in [5.41, 5.74) is 1.84. The van der Waals surface area contributed by atoms with Crippen molar-refractivity contribution >= 4 is 27.5 Å². The maximum atomic E-state index is 13.1. The molecule has 8 nitrogen and oxygen atoms in total. The van der Waals surface area contributed by atoms with Gasteiger partial charge in [0.05, 0.1) is 16.6 Å². The van der Waals surface area contributed by atoms with Gasteiger partial charge in [0.15, 0.2) is 0 Å². The van der Waals surface area contributed by atoms with Crippen LogP contribution in [-0.4, -0.2) is 36.9 Å². The quantitative estimate of drug-likeness (QED) is 0.668. The number of nitrogens with one attached hydrogen (secondary N) is 2. The Hall–Kier alpha value is -2.94. The maximum Gasteiger partial charge on any atom is 0.264 e. The predicted molar refractivity (Wildman–Crippen MR) is 131 cm³/mol. The van der Waals surface area contributed by atoms with Crippen LogP contribution in [0.15, 0.2) is 41.3 Å². The van der Waals surface area contributed by atoms with Gasteiger partial charge in [-0.2, -0.15) is 4.98 Å². The zero-order valence-electron chi connectivity index (χ0n) is 20.1. The molecule has 0 spiro atoms. The number of allylic oxidation sites excluding steroid dienone is 2. The molecule has 1 aliphatic heterocycles. The topological polar surface area (TPSA) is 110 Å². The second-order valence-corrected chi connectivity index (χ2v) is 11.7. The second-order valence-electron chi connectivity index (χ2n) is 10.1. The molecule has 0 radical (unpaired) electrons. The van der Waals surface area contributed by atoms with Crippen LogP contribution < -0.4 is 14.8 Å². The molecule has 0 fully saturated rings. The van der Waals surface area contributed by atoms with Gasteiger partial charge >= 0.3 is 0 Å². The second kappa shape index (κ2) is 9.37. The molecule has 34 heavy (non-hydrogen) atoms. The molecule has 1 amide bonds. The molecule has 2 aromatic rings. The van der Waals surface area contributed by atoms with E-state index in [2.05, 4.69) is 53.8 Å². The number of sulfonamides is 1. The molecule has 182 valence electrons. The van der Waals surface area contributed by atoms with E-state index in [0.29, 0.717) is 18.0 Å². The van der Waals surface area contributed by atoms with E-state index in [4.69, 9.17) is 4.74 Å². The number of carbonyl (C=O) groups excluding carboxylic acids is 1. The molecule has 0 saturated heterocycles. The van der Waals surface area contributed by atoms with Gasteiger partial charge in [0, 0.05) is 11.6 Å². The number of anilines is 1. The summed E-state index contributed by atoms with van der Waals surface area (Å²) >= 11 is 0. The minimum absolute atomic E-state index is 0.0338. The van der Waals surface area contributed by atoms with E-state index in [1.165, 1.54) is 12.1 Å². The molecule has 2 aliphatic rings. The van der Waals surface area contributed by atoms with Crippen molar-refractivity contribution in [2.75, 3.05) is 11.3 Å². The van der Waals surface area contributed by atoms with Crippen molar-refractivity contribution in [2.24, 2.45) is 11.3 Å². The predicted octanol–water partition coefficient (Wildman–Crippen LogP) is 4.41. The van der Waals surface area contributed by atoms with Gasteiger partial charge in [-0.3, -0.25) is 4.79 Å². The summed E-state index contributed by atoms with van der Waals surface area (Å²) in [6.45, 7) is 8.67. The monoisotopic (exact) mass is 484 g/mol. The molecule has 2 heterocycles.